The Morgan fingerprint density at radius 2 is 1.24 bits per heavy atom. The molecule has 3 aromatic rings. The summed E-state index contributed by atoms with van der Waals surface area (Å²) in [5.74, 6) is 0. The highest BCUT2D eigenvalue weighted by atomic mass is 79.9. The summed E-state index contributed by atoms with van der Waals surface area (Å²) >= 11 is 7.44. The van der Waals surface area contributed by atoms with Gasteiger partial charge in [-0.05, 0) is 77.0 Å². The Bertz CT molecular complexity index is 1160. The van der Waals surface area contributed by atoms with E-state index in [1.807, 2.05) is 0 Å². The van der Waals surface area contributed by atoms with E-state index in [-0.39, 0.29) is 17.5 Å². The maximum absolute atomic E-state index is 3.72. The van der Waals surface area contributed by atoms with Crippen LogP contribution in [0.25, 0.3) is 11.1 Å². The van der Waals surface area contributed by atoms with E-state index in [1.54, 1.807) is 0 Å². The molecule has 1 heterocycles. The van der Waals surface area contributed by atoms with Gasteiger partial charge in [0, 0.05) is 15.5 Å². The van der Waals surface area contributed by atoms with Gasteiger partial charge in [0.2, 0.25) is 6.71 Å². The summed E-state index contributed by atoms with van der Waals surface area (Å²) in [5.41, 5.74) is 11.4. The monoisotopic (exact) mass is 565 g/mol. The first kappa shape index (κ1) is 24.8. The van der Waals surface area contributed by atoms with E-state index in [1.165, 1.54) is 44.2 Å². The fourth-order valence-corrected chi connectivity index (χ4v) is 5.81. The van der Waals surface area contributed by atoms with Crippen molar-refractivity contribution in [1.82, 2.24) is 4.90 Å². The minimum Gasteiger partial charge on any atom is -0.305 e. The van der Waals surface area contributed by atoms with Gasteiger partial charge in [0.15, 0.2) is 0 Å². The van der Waals surface area contributed by atoms with Crippen LogP contribution in [0.4, 0.5) is 0 Å². The number of hydrogen-bond donors (Lipinski definition) is 0. The molecule has 0 bridgehead atoms. The first-order valence-corrected chi connectivity index (χ1v) is 13.3. The predicted molar refractivity (Wildman–Crippen MR) is 153 cm³/mol. The molecule has 33 heavy (non-hydrogen) atoms. The number of rotatable bonds is 3. The fraction of sp³-hybridized carbons (Fsp3) is 0.379. The van der Waals surface area contributed by atoms with Crippen LogP contribution in [-0.2, 0) is 17.4 Å². The summed E-state index contributed by atoms with van der Waals surface area (Å²) in [4.78, 5) is 2.30. The third kappa shape index (κ3) is 4.76. The number of fused-ring (bicyclic) bond motifs is 3. The Kier molecular flexibility index (Phi) is 6.53. The van der Waals surface area contributed by atoms with Crippen molar-refractivity contribution in [3.63, 3.8) is 0 Å². The molecule has 0 saturated carbocycles. The second-order valence-electron chi connectivity index (χ2n) is 11.7. The molecule has 1 aliphatic heterocycles. The van der Waals surface area contributed by atoms with Crippen LogP contribution in [0.2, 0.25) is 0 Å². The van der Waals surface area contributed by atoms with E-state index < -0.39 is 0 Å². The molecule has 0 unspecified atom stereocenters. The second-order valence-corrected chi connectivity index (χ2v) is 13.6. The Morgan fingerprint density at radius 3 is 1.67 bits per heavy atom. The lowest BCUT2D eigenvalue weighted by Crippen LogP contribution is -2.53. The smallest absolute Gasteiger partial charge is 0.243 e. The molecular formula is C29H34BBr2N. The van der Waals surface area contributed by atoms with Crippen LogP contribution in [0.15, 0.2) is 57.5 Å². The topological polar surface area (TPSA) is 3.24 Å². The largest absolute Gasteiger partial charge is 0.305 e. The third-order valence-corrected chi connectivity index (χ3v) is 7.64. The van der Waals surface area contributed by atoms with Crippen molar-refractivity contribution in [1.29, 1.82) is 0 Å². The average molecular weight is 567 g/mol. The summed E-state index contributed by atoms with van der Waals surface area (Å²) in [6.07, 6.45) is 0. The van der Waals surface area contributed by atoms with Crippen molar-refractivity contribution >= 4 is 55.0 Å². The van der Waals surface area contributed by atoms with Gasteiger partial charge >= 0.3 is 0 Å². The maximum atomic E-state index is 3.72. The highest BCUT2D eigenvalue weighted by molar-refractivity contribution is 9.10. The van der Waals surface area contributed by atoms with Gasteiger partial charge in [-0.2, -0.15) is 0 Å². The highest BCUT2D eigenvalue weighted by Crippen LogP contribution is 2.33. The standard InChI is InChI=1S/C29H34BBr2N/c1-28(2,3)19-13-18(17-33(7)8)27(24(14-19)29(4,5)6)30-25-11-9-20(31)15-22(25)23-16-21(32)10-12-26(23)30/h9-16H,17H2,1-8H3. The van der Waals surface area contributed by atoms with Gasteiger partial charge in [0.1, 0.15) is 0 Å². The van der Waals surface area contributed by atoms with Gasteiger partial charge in [-0.15, -0.1) is 0 Å². The average Bonchev–Trinajstić information content (AvgIpc) is 2.98. The molecular weight excluding hydrogens is 533 g/mol. The van der Waals surface area contributed by atoms with Crippen LogP contribution < -0.4 is 16.4 Å². The molecule has 0 fully saturated rings. The number of halogens is 2. The number of hydrogen-bond acceptors (Lipinski definition) is 1. The molecule has 4 heteroatoms. The SMILES string of the molecule is CN(C)Cc1cc(C(C)(C)C)cc(C(C)(C)C)c1B1c2ccc(Br)cc2-c2cc(Br)ccc21. The van der Waals surface area contributed by atoms with E-state index >= 15 is 0 Å². The predicted octanol–water partition coefficient (Wildman–Crippen LogP) is 6.36. The molecule has 172 valence electrons. The van der Waals surface area contributed by atoms with Crippen LogP contribution in [0.5, 0.6) is 0 Å². The summed E-state index contributed by atoms with van der Waals surface area (Å²) in [5, 5.41) is 0. The zero-order chi connectivity index (χ0) is 24.3. The van der Waals surface area contributed by atoms with E-state index in [0.29, 0.717) is 0 Å². The van der Waals surface area contributed by atoms with Crippen molar-refractivity contribution in [3.8, 4) is 11.1 Å². The molecule has 4 rings (SSSR count). The lowest BCUT2D eigenvalue weighted by atomic mass is 9.36. The highest BCUT2D eigenvalue weighted by Gasteiger charge is 2.38. The summed E-state index contributed by atoms with van der Waals surface area (Å²) in [6, 6.07) is 18.6. The summed E-state index contributed by atoms with van der Waals surface area (Å²) in [7, 11) is 4.35. The molecule has 1 aliphatic rings. The van der Waals surface area contributed by atoms with E-state index in [2.05, 4.69) is 141 Å². The van der Waals surface area contributed by atoms with E-state index in [4.69, 9.17) is 0 Å². The molecule has 0 aliphatic carbocycles. The lowest BCUT2D eigenvalue weighted by molar-refractivity contribution is 0.402. The summed E-state index contributed by atoms with van der Waals surface area (Å²) < 4.78 is 2.25. The van der Waals surface area contributed by atoms with Gasteiger partial charge in [-0.3, -0.25) is 0 Å². The Morgan fingerprint density at radius 1 is 0.727 bits per heavy atom. The zero-order valence-corrected chi connectivity index (χ0v) is 24.3. The summed E-state index contributed by atoms with van der Waals surface area (Å²) in [6.45, 7) is 15.2. The van der Waals surface area contributed by atoms with Gasteiger partial charge in [-0.1, -0.05) is 114 Å². The first-order valence-electron chi connectivity index (χ1n) is 11.7. The lowest BCUT2D eigenvalue weighted by Gasteiger charge is -2.32. The second kappa shape index (κ2) is 8.70. The van der Waals surface area contributed by atoms with Crippen LogP contribution in [0.3, 0.4) is 0 Å². The van der Waals surface area contributed by atoms with E-state index in [0.717, 1.165) is 15.5 Å². The molecule has 0 aromatic heterocycles. The van der Waals surface area contributed by atoms with E-state index in [9.17, 15) is 0 Å². The van der Waals surface area contributed by atoms with Crippen molar-refractivity contribution in [3.05, 3.63) is 74.2 Å². The van der Waals surface area contributed by atoms with Crippen molar-refractivity contribution in [2.45, 2.75) is 58.9 Å². The zero-order valence-electron chi connectivity index (χ0n) is 21.1. The molecule has 0 atom stereocenters. The van der Waals surface area contributed by atoms with Gasteiger partial charge in [0.05, 0.1) is 0 Å². The van der Waals surface area contributed by atoms with Gasteiger partial charge in [-0.25, -0.2) is 0 Å². The van der Waals surface area contributed by atoms with Crippen molar-refractivity contribution in [2.24, 2.45) is 0 Å². The Hall–Kier alpha value is -1.36. The minimum atomic E-state index is 0.0330. The molecule has 0 N–H and O–H groups in total. The van der Waals surface area contributed by atoms with Crippen molar-refractivity contribution < 1.29 is 0 Å². The molecule has 1 nitrogen and oxygen atoms in total. The normalized spacial score (nSPS) is 13.5. The van der Waals surface area contributed by atoms with Crippen molar-refractivity contribution in [2.75, 3.05) is 14.1 Å². The fourth-order valence-electron chi connectivity index (χ4n) is 5.08. The molecule has 0 saturated heterocycles. The van der Waals surface area contributed by atoms with Crippen LogP contribution in [-0.4, -0.2) is 25.7 Å². The van der Waals surface area contributed by atoms with Crippen LogP contribution >= 0.6 is 31.9 Å². The maximum Gasteiger partial charge on any atom is 0.243 e. The number of benzene rings is 3. The van der Waals surface area contributed by atoms with Crippen LogP contribution in [0, 0.1) is 0 Å². The Labute approximate surface area is 217 Å². The van der Waals surface area contributed by atoms with Crippen LogP contribution in [0.1, 0.15) is 58.2 Å². The molecule has 3 aromatic carbocycles. The van der Waals surface area contributed by atoms with Gasteiger partial charge < -0.3 is 4.90 Å². The number of nitrogens with zero attached hydrogens (tertiary/aromatic N) is 1. The quantitative estimate of drug-likeness (QED) is 0.261. The molecule has 0 radical (unpaired) electrons. The van der Waals surface area contributed by atoms with Gasteiger partial charge in [0.25, 0.3) is 0 Å². The minimum absolute atomic E-state index is 0.0330. The molecule has 0 spiro atoms. The molecule has 0 amide bonds. The first-order chi connectivity index (χ1) is 15.3. The third-order valence-electron chi connectivity index (χ3n) is 6.66. The Balaban J connectivity index is 2.11.